The van der Waals surface area contributed by atoms with Gasteiger partial charge in [0.25, 0.3) is 0 Å². The molecular weight excluding hydrogens is 428 g/mol. The van der Waals surface area contributed by atoms with E-state index in [2.05, 4.69) is 10.6 Å². The topological polar surface area (TPSA) is 61.4 Å². The zero-order valence-corrected chi connectivity index (χ0v) is 18.0. The SMILES string of the molecule is O=C(NCC1CCCN(C(=O)CCc2ccc(Cl)cc2Cl)C1)Nc1cccc(F)c1. The van der Waals surface area contributed by atoms with E-state index in [1.807, 2.05) is 11.0 Å². The molecular formula is C22H24Cl2FN3O2. The Labute approximate surface area is 185 Å². The number of carbonyl (C=O) groups is 2. The van der Waals surface area contributed by atoms with Crippen LogP contribution in [0.15, 0.2) is 42.5 Å². The molecule has 1 heterocycles. The van der Waals surface area contributed by atoms with E-state index in [-0.39, 0.29) is 17.9 Å². The largest absolute Gasteiger partial charge is 0.342 e. The Morgan fingerprint density at radius 3 is 2.77 bits per heavy atom. The molecule has 2 aromatic carbocycles. The number of hydrogen-bond acceptors (Lipinski definition) is 2. The summed E-state index contributed by atoms with van der Waals surface area (Å²) < 4.78 is 13.2. The summed E-state index contributed by atoms with van der Waals surface area (Å²) in [4.78, 5) is 26.5. The fourth-order valence-electron chi connectivity index (χ4n) is 3.56. The van der Waals surface area contributed by atoms with Crippen molar-refractivity contribution in [2.24, 2.45) is 5.92 Å². The first kappa shape index (κ1) is 22.4. The molecule has 2 N–H and O–H groups in total. The van der Waals surface area contributed by atoms with Crippen LogP contribution in [0.3, 0.4) is 0 Å². The Hall–Kier alpha value is -2.31. The number of urea groups is 1. The lowest BCUT2D eigenvalue weighted by Crippen LogP contribution is -2.44. The highest BCUT2D eigenvalue weighted by molar-refractivity contribution is 6.35. The molecule has 1 unspecified atom stereocenters. The normalized spacial score (nSPS) is 16.2. The molecule has 1 saturated heterocycles. The van der Waals surface area contributed by atoms with E-state index in [0.717, 1.165) is 24.9 Å². The van der Waals surface area contributed by atoms with Crippen LogP contribution in [0.4, 0.5) is 14.9 Å². The summed E-state index contributed by atoms with van der Waals surface area (Å²) in [6.07, 6.45) is 2.77. The maximum Gasteiger partial charge on any atom is 0.319 e. The summed E-state index contributed by atoms with van der Waals surface area (Å²) >= 11 is 12.1. The fraction of sp³-hybridized carbons (Fsp3) is 0.364. The number of halogens is 3. The van der Waals surface area contributed by atoms with Gasteiger partial charge >= 0.3 is 6.03 Å². The van der Waals surface area contributed by atoms with Gasteiger partial charge in [-0.25, -0.2) is 9.18 Å². The smallest absolute Gasteiger partial charge is 0.319 e. The van der Waals surface area contributed by atoms with E-state index >= 15 is 0 Å². The van der Waals surface area contributed by atoms with E-state index in [1.54, 1.807) is 18.2 Å². The van der Waals surface area contributed by atoms with Gasteiger partial charge in [-0.2, -0.15) is 0 Å². The minimum absolute atomic E-state index is 0.0786. The molecule has 8 heteroatoms. The van der Waals surface area contributed by atoms with Crippen LogP contribution in [0.2, 0.25) is 10.0 Å². The molecule has 1 atom stereocenters. The number of piperidine rings is 1. The van der Waals surface area contributed by atoms with Crippen LogP contribution in [-0.2, 0) is 11.2 Å². The number of hydrogen-bond donors (Lipinski definition) is 2. The quantitative estimate of drug-likeness (QED) is 0.639. The van der Waals surface area contributed by atoms with Crippen LogP contribution in [0.25, 0.3) is 0 Å². The number of aryl methyl sites for hydroxylation is 1. The van der Waals surface area contributed by atoms with Crippen molar-refractivity contribution in [2.75, 3.05) is 25.0 Å². The Balaban J connectivity index is 1.44. The average molecular weight is 452 g/mol. The predicted molar refractivity (Wildman–Crippen MR) is 118 cm³/mol. The molecule has 2 aromatic rings. The first-order valence-electron chi connectivity index (χ1n) is 9.93. The number of nitrogens with one attached hydrogen (secondary N) is 2. The number of nitrogens with zero attached hydrogens (tertiary/aromatic N) is 1. The van der Waals surface area contributed by atoms with Gasteiger partial charge in [0, 0.05) is 41.8 Å². The van der Waals surface area contributed by atoms with Crippen molar-refractivity contribution in [1.29, 1.82) is 0 Å². The molecule has 0 aromatic heterocycles. The van der Waals surface area contributed by atoms with Crippen LogP contribution >= 0.6 is 23.2 Å². The summed E-state index contributed by atoms with van der Waals surface area (Å²) in [6.45, 7) is 1.78. The molecule has 5 nitrogen and oxygen atoms in total. The van der Waals surface area contributed by atoms with Gasteiger partial charge in [-0.15, -0.1) is 0 Å². The van der Waals surface area contributed by atoms with Gasteiger partial charge in [0.05, 0.1) is 0 Å². The number of likely N-dealkylation sites (tertiary alicyclic amines) is 1. The zero-order valence-electron chi connectivity index (χ0n) is 16.5. The first-order valence-corrected chi connectivity index (χ1v) is 10.7. The molecule has 0 saturated carbocycles. The molecule has 0 spiro atoms. The lowest BCUT2D eigenvalue weighted by atomic mass is 9.97. The van der Waals surface area contributed by atoms with Crippen LogP contribution < -0.4 is 10.6 Å². The molecule has 3 amide bonds. The lowest BCUT2D eigenvalue weighted by molar-refractivity contribution is -0.132. The number of anilines is 1. The Kier molecular flexibility index (Phi) is 7.94. The van der Waals surface area contributed by atoms with Crippen molar-refractivity contribution in [3.8, 4) is 0 Å². The molecule has 1 aliphatic heterocycles. The highest BCUT2D eigenvalue weighted by Crippen LogP contribution is 2.23. The van der Waals surface area contributed by atoms with E-state index in [1.165, 1.54) is 18.2 Å². The summed E-state index contributed by atoms with van der Waals surface area (Å²) in [5, 5.41) is 6.56. The van der Waals surface area contributed by atoms with Gasteiger partial charge in [-0.3, -0.25) is 4.79 Å². The Morgan fingerprint density at radius 2 is 2.00 bits per heavy atom. The van der Waals surface area contributed by atoms with Crippen molar-refractivity contribution in [2.45, 2.75) is 25.7 Å². The van der Waals surface area contributed by atoms with E-state index in [0.29, 0.717) is 41.7 Å². The van der Waals surface area contributed by atoms with Crippen LogP contribution in [-0.4, -0.2) is 36.5 Å². The third-order valence-corrected chi connectivity index (χ3v) is 5.72. The lowest BCUT2D eigenvalue weighted by Gasteiger charge is -2.33. The van der Waals surface area contributed by atoms with Gasteiger partial charge < -0.3 is 15.5 Å². The molecule has 1 fully saturated rings. The standard InChI is InChI=1S/C22H24Cl2FN3O2/c23-17-8-6-16(20(24)11-17)7-9-21(29)28-10-2-3-15(14-28)13-26-22(30)27-19-5-1-4-18(25)12-19/h1,4-6,8,11-12,15H,2-3,7,9-10,13-14H2,(H2,26,27,30). The third-order valence-electron chi connectivity index (χ3n) is 5.13. The molecule has 1 aliphatic rings. The molecule has 0 bridgehead atoms. The number of benzene rings is 2. The van der Waals surface area contributed by atoms with Crippen LogP contribution in [0, 0.1) is 11.7 Å². The minimum atomic E-state index is -0.408. The van der Waals surface area contributed by atoms with Crippen molar-refractivity contribution in [1.82, 2.24) is 10.2 Å². The number of amides is 3. The molecule has 3 rings (SSSR count). The first-order chi connectivity index (χ1) is 14.4. The summed E-state index contributed by atoms with van der Waals surface area (Å²) in [7, 11) is 0. The summed E-state index contributed by atoms with van der Waals surface area (Å²) in [6, 6.07) is 10.6. The van der Waals surface area contributed by atoms with Crippen LogP contribution in [0.1, 0.15) is 24.8 Å². The second-order valence-corrected chi connectivity index (χ2v) is 8.27. The van der Waals surface area contributed by atoms with E-state index in [4.69, 9.17) is 23.2 Å². The monoisotopic (exact) mass is 451 g/mol. The van der Waals surface area contributed by atoms with Gasteiger partial charge in [0.1, 0.15) is 5.82 Å². The molecule has 30 heavy (non-hydrogen) atoms. The Morgan fingerprint density at radius 1 is 1.17 bits per heavy atom. The van der Waals surface area contributed by atoms with Crippen molar-refractivity contribution in [3.05, 3.63) is 63.9 Å². The molecule has 160 valence electrons. The molecule has 0 aliphatic carbocycles. The molecule has 0 radical (unpaired) electrons. The second kappa shape index (κ2) is 10.6. The predicted octanol–water partition coefficient (Wildman–Crippen LogP) is 5.13. The summed E-state index contributed by atoms with van der Waals surface area (Å²) in [5.41, 5.74) is 1.30. The maximum absolute atomic E-state index is 13.2. The number of carbonyl (C=O) groups excluding carboxylic acids is 2. The van der Waals surface area contributed by atoms with Crippen molar-refractivity contribution >= 4 is 40.8 Å². The minimum Gasteiger partial charge on any atom is -0.342 e. The fourth-order valence-corrected chi connectivity index (χ4v) is 4.06. The Bertz CT molecular complexity index is 910. The van der Waals surface area contributed by atoms with Crippen molar-refractivity contribution < 1.29 is 14.0 Å². The van der Waals surface area contributed by atoms with Gasteiger partial charge in [-0.05, 0) is 61.1 Å². The van der Waals surface area contributed by atoms with Crippen molar-refractivity contribution in [3.63, 3.8) is 0 Å². The average Bonchev–Trinajstić information content (AvgIpc) is 2.72. The highest BCUT2D eigenvalue weighted by Gasteiger charge is 2.24. The van der Waals surface area contributed by atoms with Crippen LogP contribution in [0.5, 0.6) is 0 Å². The number of rotatable bonds is 6. The third kappa shape index (κ3) is 6.61. The second-order valence-electron chi connectivity index (χ2n) is 7.43. The van der Waals surface area contributed by atoms with Gasteiger partial charge in [0.15, 0.2) is 0 Å². The van der Waals surface area contributed by atoms with Gasteiger partial charge in [-0.1, -0.05) is 35.3 Å². The van der Waals surface area contributed by atoms with E-state index < -0.39 is 5.82 Å². The summed E-state index contributed by atoms with van der Waals surface area (Å²) in [5.74, 6) is -0.149. The highest BCUT2D eigenvalue weighted by atomic mass is 35.5. The van der Waals surface area contributed by atoms with E-state index in [9.17, 15) is 14.0 Å². The van der Waals surface area contributed by atoms with Gasteiger partial charge in [0.2, 0.25) is 5.91 Å². The maximum atomic E-state index is 13.2. The zero-order chi connectivity index (χ0) is 21.5.